The fourth-order valence-corrected chi connectivity index (χ4v) is 5.80. The Labute approximate surface area is 242 Å². The maximum atomic E-state index is 14.6. The van der Waals surface area contributed by atoms with E-state index in [1.54, 1.807) is 18.2 Å². The van der Waals surface area contributed by atoms with Gasteiger partial charge in [-0.3, -0.25) is 24.2 Å². The number of carbonyl (C=O) groups is 3. The average Bonchev–Trinajstić information content (AvgIpc) is 3.53. The molecule has 1 saturated heterocycles. The van der Waals surface area contributed by atoms with Crippen LogP contribution in [0.2, 0.25) is 0 Å². The molecule has 3 amide bonds. The predicted molar refractivity (Wildman–Crippen MR) is 143 cm³/mol. The summed E-state index contributed by atoms with van der Waals surface area (Å²) in [6, 6.07) is 12.1. The molecule has 0 spiro atoms. The number of pyridine rings is 1. The molecule has 2 aromatic carbocycles. The smallest absolute Gasteiger partial charge is 0.353 e. The zero-order chi connectivity index (χ0) is 30.9. The van der Waals surface area contributed by atoms with Crippen molar-refractivity contribution in [3.63, 3.8) is 0 Å². The first-order valence-corrected chi connectivity index (χ1v) is 13.4. The van der Waals surface area contributed by atoms with Gasteiger partial charge in [-0.25, -0.2) is 13.8 Å². The monoisotopic (exact) mass is 597 g/mol. The molecule has 8 nitrogen and oxygen atoms in total. The number of hydrogen-bond donors (Lipinski definition) is 1. The minimum absolute atomic E-state index is 0.0132. The quantitative estimate of drug-likeness (QED) is 0.399. The molecule has 2 heterocycles. The van der Waals surface area contributed by atoms with Gasteiger partial charge in [0.25, 0.3) is 11.8 Å². The van der Waals surface area contributed by atoms with E-state index in [0.717, 1.165) is 21.9 Å². The van der Waals surface area contributed by atoms with Crippen molar-refractivity contribution in [1.29, 1.82) is 5.26 Å². The highest BCUT2D eigenvalue weighted by molar-refractivity contribution is 6.12. The van der Waals surface area contributed by atoms with Crippen LogP contribution in [0.15, 0.2) is 60.8 Å². The summed E-state index contributed by atoms with van der Waals surface area (Å²) < 4.78 is 68.3. The summed E-state index contributed by atoms with van der Waals surface area (Å²) >= 11 is 0. The molecule has 1 aliphatic heterocycles. The van der Waals surface area contributed by atoms with E-state index in [4.69, 9.17) is 0 Å². The number of hydrogen-bond acceptors (Lipinski definition) is 5. The molecule has 1 unspecified atom stereocenters. The van der Waals surface area contributed by atoms with E-state index in [0.29, 0.717) is 11.6 Å². The molecule has 0 radical (unpaired) electrons. The standard InChI is InChI=1S/C30H24F5N5O3/c31-20-14-21(32)16-22(15-20)40(27(42)24-5-6-26(41)39(24)25-13-18(17-36)8-11-37-25)29(28(43)38-12-10-30(33,34)35)9-7-19-3-1-2-4-23(19)29/h1-4,8,11,13-16,24H,5-7,9-10,12H2,(H,38,43)/t24-,29?/m0/s1. The zero-order valence-corrected chi connectivity index (χ0v) is 22.5. The van der Waals surface area contributed by atoms with Gasteiger partial charge in [-0.1, -0.05) is 24.3 Å². The Morgan fingerprint density at radius 2 is 1.81 bits per heavy atom. The molecule has 1 aromatic heterocycles. The van der Waals surface area contributed by atoms with Crippen LogP contribution < -0.4 is 15.1 Å². The Balaban J connectivity index is 1.67. The summed E-state index contributed by atoms with van der Waals surface area (Å²) in [5.74, 6) is -4.52. The lowest BCUT2D eigenvalue weighted by Gasteiger charge is -2.43. The van der Waals surface area contributed by atoms with Crippen LogP contribution in [0.5, 0.6) is 0 Å². The molecule has 0 saturated carbocycles. The molecule has 1 aliphatic carbocycles. The van der Waals surface area contributed by atoms with Gasteiger partial charge in [0.2, 0.25) is 5.91 Å². The number of amides is 3. The molecule has 0 bridgehead atoms. The minimum Gasteiger partial charge on any atom is -0.353 e. The molecule has 1 N–H and O–H groups in total. The third-order valence-electron chi connectivity index (χ3n) is 7.61. The number of nitrogens with one attached hydrogen (secondary N) is 1. The van der Waals surface area contributed by atoms with Gasteiger partial charge < -0.3 is 5.32 Å². The maximum Gasteiger partial charge on any atom is 0.390 e. The van der Waals surface area contributed by atoms with E-state index in [1.807, 2.05) is 6.07 Å². The maximum absolute atomic E-state index is 14.6. The van der Waals surface area contributed by atoms with E-state index in [2.05, 4.69) is 10.3 Å². The van der Waals surface area contributed by atoms with Crippen LogP contribution in [0.4, 0.5) is 33.5 Å². The van der Waals surface area contributed by atoms with E-state index < -0.39 is 60.1 Å². The summed E-state index contributed by atoms with van der Waals surface area (Å²) in [4.78, 5) is 47.8. The third kappa shape index (κ3) is 5.64. The van der Waals surface area contributed by atoms with Crippen LogP contribution in [-0.4, -0.2) is 41.5 Å². The lowest BCUT2D eigenvalue weighted by atomic mass is 9.86. The van der Waals surface area contributed by atoms with E-state index in [9.17, 15) is 41.6 Å². The highest BCUT2D eigenvalue weighted by Crippen LogP contribution is 2.46. The Morgan fingerprint density at radius 1 is 1.09 bits per heavy atom. The van der Waals surface area contributed by atoms with Gasteiger partial charge in [-0.15, -0.1) is 0 Å². The molecule has 5 rings (SSSR count). The molecular formula is C30H24F5N5O3. The fourth-order valence-electron chi connectivity index (χ4n) is 5.80. The number of carbonyl (C=O) groups excluding carboxylic acids is 3. The number of alkyl halides is 3. The zero-order valence-electron chi connectivity index (χ0n) is 22.5. The first-order chi connectivity index (χ1) is 20.4. The second-order valence-corrected chi connectivity index (χ2v) is 10.3. The number of rotatable bonds is 7. The topological polar surface area (TPSA) is 106 Å². The summed E-state index contributed by atoms with van der Waals surface area (Å²) in [7, 11) is 0. The molecule has 2 aliphatic rings. The minimum atomic E-state index is -4.58. The number of nitriles is 1. The first-order valence-electron chi connectivity index (χ1n) is 13.4. The van der Waals surface area contributed by atoms with Crippen molar-refractivity contribution < 1.29 is 36.3 Å². The molecule has 3 aromatic rings. The molecular weight excluding hydrogens is 573 g/mol. The van der Waals surface area contributed by atoms with Crippen molar-refractivity contribution in [2.45, 2.75) is 49.9 Å². The van der Waals surface area contributed by atoms with Crippen LogP contribution >= 0.6 is 0 Å². The summed E-state index contributed by atoms with van der Waals surface area (Å²) in [5, 5.41) is 11.6. The lowest BCUT2D eigenvalue weighted by Crippen LogP contribution is -2.61. The molecule has 222 valence electrons. The van der Waals surface area contributed by atoms with E-state index in [1.165, 1.54) is 24.4 Å². The largest absolute Gasteiger partial charge is 0.390 e. The van der Waals surface area contributed by atoms with Gasteiger partial charge >= 0.3 is 6.18 Å². The summed E-state index contributed by atoms with van der Waals surface area (Å²) in [5.41, 5.74) is -1.32. The summed E-state index contributed by atoms with van der Waals surface area (Å²) in [6.07, 6.45) is -4.70. The van der Waals surface area contributed by atoms with Crippen molar-refractivity contribution in [3.05, 3.63) is 89.1 Å². The van der Waals surface area contributed by atoms with Crippen molar-refractivity contribution in [3.8, 4) is 6.07 Å². The van der Waals surface area contributed by atoms with Crippen LogP contribution in [0, 0.1) is 23.0 Å². The van der Waals surface area contributed by atoms with Gasteiger partial charge in [0.05, 0.1) is 23.7 Å². The number of halogens is 5. The van der Waals surface area contributed by atoms with E-state index >= 15 is 0 Å². The normalized spacial score (nSPS) is 19.6. The Bertz CT molecular complexity index is 1620. The van der Waals surface area contributed by atoms with Gasteiger partial charge in [-0.05, 0) is 54.7 Å². The fraction of sp³-hybridized carbons (Fsp3) is 0.300. The second-order valence-electron chi connectivity index (χ2n) is 10.3. The van der Waals surface area contributed by atoms with Gasteiger partial charge in [0.15, 0.2) is 5.54 Å². The molecule has 2 atom stereocenters. The predicted octanol–water partition coefficient (Wildman–Crippen LogP) is 4.67. The van der Waals surface area contributed by atoms with E-state index in [-0.39, 0.29) is 48.3 Å². The number of nitrogens with zero attached hydrogens (tertiary/aromatic N) is 4. The Morgan fingerprint density at radius 3 is 2.51 bits per heavy atom. The molecule has 1 fully saturated rings. The van der Waals surface area contributed by atoms with Crippen molar-refractivity contribution >= 4 is 29.2 Å². The highest BCUT2D eigenvalue weighted by atomic mass is 19.4. The number of fused-ring (bicyclic) bond motifs is 1. The lowest BCUT2D eigenvalue weighted by molar-refractivity contribution is -0.138. The van der Waals surface area contributed by atoms with Gasteiger partial charge in [0.1, 0.15) is 23.5 Å². The number of aromatic nitrogens is 1. The van der Waals surface area contributed by atoms with Crippen LogP contribution in [-0.2, 0) is 26.3 Å². The molecule has 13 heteroatoms. The molecule has 43 heavy (non-hydrogen) atoms. The number of aryl methyl sites for hydroxylation is 1. The Kier molecular flexibility index (Phi) is 7.88. The first kappa shape index (κ1) is 29.6. The van der Waals surface area contributed by atoms with Gasteiger partial charge in [-0.2, -0.15) is 18.4 Å². The second kappa shape index (κ2) is 11.4. The van der Waals surface area contributed by atoms with Crippen molar-refractivity contribution in [2.24, 2.45) is 0 Å². The summed E-state index contributed by atoms with van der Waals surface area (Å²) in [6.45, 7) is -0.801. The number of benzene rings is 2. The van der Waals surface area contributed by atoms with Crippen LogP contribution in [0.1, 0.15) is 42.4 Å². The van der Waals surface area contributed by atoms with Crippen molar-refractivity contribution in [2.75, 3.05) is 16.3 Å². The average molecular weight is 598 g/mol. The van der Waals surface area contributed by atoms with Crippen molar-refractivity contribution in [1.82, 2.24) is 10.3 Å². The Hall–Kier alpha value is -4.86. The van der Waals surface area contributed by atoms with Crippen LogP contribution in [0.25, 0.3) is 0 Å². The van der Waals surface area contributed by atoms with Crippen LogP contribution in [0.3, 0.4) is 0 Å². The van der Waals surface area contributed by atoms with Gasteiger partial charge in [0, 0.05) is 25.2 Å². The SMILES string of the molecule is N#Cc1ccnc(N2C(=O)CC[C@H]2C(=O)N(c2cc(F)cc(F)c2)C2(C(=O)NCCC(F)(F)F)CCc3ccccc32)c1. The number of anilines is 2. The third-order valence-corrected chi connectivity index (χ3v) is 7.61. The highest BCUT2D eigenvalue weighted by Gasteiger charge is 2.55.